The molecule has 0 fully saturated rings. The zero-order chi connectivity index (χ0) is 28.7. The van der Waals surface area contributed by atoms with Gasteiger partial charge in [-0.25, -0.2) is 4.79 Å². The summed E-state index contributed by atoms with van der Waals surface area (Å²) in [6.45, 7) is 3.40. The lowest BCUT2D eigenvalue weighted by Gasteiger charge is -2.22. The largest absolute Gasteiger partial charge is 0.497 e. The summed E-state index contributed by atoms with van der Waals surface area (Å²) >= 11 is 0. The fraction of sp³-hybridized carbons (Fsp3) is 0.258. The van der Waals surface area contributed by atoms with Crippen LogP contribution in [0.15, 0.2) is 90.1 Å². The van der Waals surface area contributed by atoms with Crippen molar-refractivity contribution in [3.8, 4) is 11.5 Å². The van der Waals surface area contributed by atoms with Gasteiger partial charge in [0.1, 0.15) is 23.8 Å². The van der Waals surface area contributed by atoms with E-state index in [1.54, 1.807) is 38.3 Å². The molecule has 0 spiro atoms. The summed E-state index contributed by atoms with van der Waals surface area (Å²) in [5, 5.41) is 14.9. The molecule has 0 aliphatic rings. The monoisotopic (exact) mass is 544 g/mol. The smallest absolute Gasteiger partial charge is 0.356 e. The highest BCUT2D eigenvalue weighted by atomic mass is 16.5. The van der Waals surface area contributed by atoms with Gasteiger partial charge in [0, 0.05) is 42.8 Å². The highest BCUT2D eigenvalue weighted by molar-refractivity contribution is 6.42. The van der Waals surface area contributed by atoms with E-state index in [9.17, 15) is 9.59 Å². The van der Waals surface area contributed by atoms with Crippen LogP contribution < -0.4 is 25.0 Å². The van der Waals surface area contributed by atoms with Crippen molar-refractivity contribution in [3.63, 3.8) is 0 Å². The Balaban J connectivity index is 1.69. The van der Waals surface area contributed by atoms with E-state index in [2.05, 4.69) is 10.6 Å². The van der Waals surface area contributed by atoms with Crippen LogP contribution in [0.5, 0.6) is 11.5 Å². The molecule has 0 amide bonds. The maximum absolute atomic E-state index is 12.4. The lowest BCUT2D eigenvalue weighted by Crippen LogP contribution is -2.26. The van der Waals surface area contributed by atoms with Crippen molar-refractivity contribution in [2.24, 2.45) is 0 Å². The van der Waals surface area contributed by atoms with Gasteiger partial charge in [-0.3, -0.25) is 10.2 Å². The van der Waals surface area contributed by atoms with Crippen molar-refractivity contribution in [1.82, 2.24) is 0 Å². The summed E-state index contributed by atoms with van der Waals surface area (Å²) in [4.78, 5) is 26.6. The van der Waals surface area contributed by atoms with Gasteiger partial charge in [0.15, 0.2) is 6.29 Å². The molecule has 0 aliphatic carbocycles. The SMILES string of the molecule is CCOC(=O)C(=N)/C(CCN(C)c1cccc(NCCOc2ccccc2)c1)=C(/C=O)Nc1ccc(OC)cc1. The van der Waals surface area contributed by atoms with Gasteiger partial charge < -0.3 is 29.7 Å². The Labute approximate surface area is 235 Å². The third-order valence-corrected chi connectivity index (χ3v) is 6.02. The molecule has 0 aromatic heterocycles. The molecule has 0 heterocycles. The Morgan fingerprint density at radius 2 is 1.73 bits per heavy atom. The molecular weight excluding hydrogens is 508 g/mol. The molecule has 9 nitrogen and oxygen atoms in total. The van der Waals surface area contributed by atoms with Crippen molar-refractivity contribution in [1.29, 1.82) is 5.41 Å². The van der Waals surface area contributed by atoms with Crippen molar-refractivity contribution in [3.05, 3.63) is 90.1 Å². The maximum Gasteiger partial charge on any atom is 0.356 e. The topological polar surface area (TPSA) is 113 Å². The normalized spacial score (nSPS) is 11.1. The quantitative estimate of drug-likeness (QED) is 0.0745. The summed E-state index contributed by atoms with van der Waals surface area (Å²) in [5.41, 5.74) is 2.54. The number of hydrogen-bond donors (Lipinski definition) is 3. The molecule has 0 atom stereocenters. The number of anilines is 3. The van der Waals surface area contributed by atoms with Crippen LogP contribution in [-0.2, 0) is 14.3 Å². The van der Waals surface area contributed by atoms with Crippen LogP contribution in [0.1, 0.15) is 13.3 Å². The Morgan fingerprint density at radius 1 is 0.975 bits per heavy atom. The molecule has 3 aromatic rings. The van der Waals surface area contributed by atoms with E-state index in [0.29, 0.717) is 37.4 Å². The Morgan fingerprint density at radius 3 is 2.40 bits per heavy atom. The number of ether oxygens (including phenoxy) is 3. The number of allylic oxidation sites excluding steroid dienone is 1. The molecule has 3 rings (SSSR count). The third kappa shape index (κ3) is 8.90. The molecule has 3 N–H and O–H groups in total. The molecule has 0 aliphatic heterocycles. The van der Waals surface area contributed by atoms with Crippen LogP contribution in [0.2, 0.25) is 0 Å². The van der Waals surface area contributed by atoms with E-state index in [0.717, 1.165) is 17.1 Å². The van der Waals surface area contributed by atoms with Crippen LogP contribution in [0.25, 0.3) is 0 Å². The molecule has 0 saturated heterocycles. The first-order chi connectivity index (χ1) is 19.4. The first-order valence-electron chi connectivity index (χ1n) is 13.0. The Bertz CT molecular complexity index is 1290. The van der Waals surface area contributed by atoms with Crippen LogP contribution in [0, 0.1) is 5.41 Å². The molecule has 3 aromatic carbocycles. The number of nitrogens with zero attached hydrogens (tertiary/aromatic N) is 1. The van der Waals surface area contributed by atoms with Crippen molar-refractivity contribution < 1.29 is 23.8 Å². The second-order valence-corrected chi connectivity index (χ2v) is 8.77. The van der Waals surface area contributed by atoms with Gasteiger partial charge in [-0.2, -0.15) is 0 Å². The second-order valence-electron chi connectivity index (χ2n) is 8.77. The van der Waals surface area contributed by atoms with Gasteiger partial charge in [0.25, 0.3) is 0 Å². The second kappa shape index (κ2) is 15.6. The van der Waals surface area contributed by atoms with E-state index in [4.69, 9.17) is 19.6 Å². The highest BCUT2D eigenvalue weighted by Gasteiger charge is 2.21. The van der Waals surface area contributed by atoms with Gasteiger partial charge >= 0.3 is 5.97 Å². The molecule has 0 saturated carbocycles. The minimum Gasteiger partial charge on any atom is -0.497 e. The zero-order valence-corrected chi connectivity index (χ0v) is 23.1. The number of carbonyl (C=O) groups is 2. The number of nitrogens with one attached hydrogen (secondary N) is 3. The Kier molecular flexibility index (Phi) is 11.6. The van der Waals surface area contributed by atoms with Gasteiger partial charge in [0.2, 0.25) is 0 Å². The predicted molar refractivity (Wildman–Crippen MR) is 159 cm³/mol. The highest BCUT2D eigenvalue weighted by Crippen LogP contribution is 2.22. The number of carbonyl (C=O) groups excluding carboxylic acids is 2. The van der Waals surface area contributed by atoms with E-state index < -0.39 is 5.97 Å². The number of para-hydroxylation sites is 1. The average Bonchev–Trinajstić information content (AvgIpc) is 2.99. The number of methoxy groups -OCH3 is 1. The zero-order valence-electron chi connectivity index (χ0n) is 23.1. The van der Waals surface area contributed by atoms with Crippen LogP contribution in [0.3, 0.4) is 0 Å². The summed E-state index contributed by atoms with van der Waals surface area (Å²) in [6, 6.07) is 24.6. The lowest BCUT2D eigenvalue weighted by molar-refractivity contribution is -0.135. The predicted octanol–water partition coefficient (Wildman–Crippen LogP) is 5.16. The summed E-state index contributed by atoms with van der Waals surface area (Å²) in [6.07, 6.45) is 0.878. The minimum absolute atomic E-state index is 0.130. The first kappa shape index (κ1) is 29.8. The van der Waals surface area contributed by atoms with Crippen LogP contribution in [-0.4, -0.2) is 58.4 Å². The standard InChI is InChI=1S/C31H36N4O5/c1-4-39-31(37)30(32)28(29(22-36)34-23-13-15-26(38-3)16-14-23)17-19-35(2)25-10-8-9-24(21-25)33-18-20-40-27-11-6-5-7-12-27/h5-16,21-22,32-34H,4,17-20H2,1-3H3/b29-28-,32-30?. The van der Waals surface area contributed by atoms with Gasteiger partial charge in [-0.15, -0.1) is 0 Å². The van der Waals surface area contributed by atoms with E-state index in [1.165, 1.54) is 0 Å². The summed E-state index contributed by atoms with van der Waals surface area (Å²) < 4.78 is 16.0. The fourth-order valence-corrected chi connectivity index (χ4v) is 3.87. The van der Waals surface area contributed by atoms with E-state index in [-0.39, 0.29) is 30.0 Å². The number of esters is 1. The number of hydrogen-bond acceptors (Lipinski definition) is 9. The Hall–Kier alpha value is -4.79. The minimum atomic E-state index is -0.778. The molecule has 40 heavy (non-hydrogen) atoms. The van der Waals surface area contributed by atoms with Crippen LogP contribution >= 0.6 is 0 Å². The molecule has 9 heteroatoms. The maximum atomic E-state index is 12.4. The number of rotatable bonds is 16. The number of aldehydes is 1. The molecule has 0 radical (unpaired) electrons. The molecular formula is C31H36N4O5. The van der Waals surface area contributed by atoms with Gasteiger partial charge in [0.05, 0.1) is 19.4 Å². The first-order valence-corrected chi connectivity index (χ1v) is 13.0. The molecule has 210 valence electrons. The van der Waals surface area contributed by atoms with Gasteiger partial charge in [-0.1, -0.05) is 24.3 Å². The number of benzene rings is 3. The van der Waals surface area contributed by atoms with E-state index in [1.807, 2.05) is 66.5 Å². The fourth-order valence-electron chi connectivity index (χ4n) is 3.87. The van der Waals surface area contributed by atoms with E-state index >= 15 is 0 Å². The summed E-state index contributed by atoms with van der Waals surface area (Å²) in [5.74, 6) is 0.717. The van der Waals surface area contributed by atoms with Crippen molar-refractivity contribution in [2.45, 2.75) is 13.3 Å². The third-order valence-electron chi connectivity index (χ3n) is 6.02. The van der Waals surface area contributed by atoms with Crippen molar-refractivity contribution in [2.75, 3.05) is 56.0 Å². The lowest BCUT2D eigenvalue weighted by atomic mass is 10.0. The van der Waals surface area contributed by atoms with Gasteiger partial charge in [-0.05, 0) is 67.9 Å². The average molecular weight is 545 g/mol. The van der Waals surface area contributed by atoms with Crippen molar-refractivity contribution >= 4 is 35.0 Å². The summed E-state index contributed by atoms with van der Waals surface area (Å²) in [7, 11) is 3.49. The molecule has 0 unspecified atom stereocenters. The van der Waals surface area contributed by atoms with Crippen LogP contribution in [0.4, 0.5) is 17.1 Å². The molecule has 0 bridgehead atoms.